The summed E-state index contributed by atoms with van der Waals surface area (Å²) in [4.78, 5) is -0.0387. The van der Waals surface area contributed by atoms with Crippen LogP contribution in [0.15, 0.2) is 29.2 Å². The van der Waals surface area contributed by atoms with Gasteiger partial charge in [0.25, 0.3) is 0 Å². The molecule has 6 nitrogen and oxygen atoms in total. The fourth-order valence-corrected chi connectivity index (χ4v) is 5.25. The Morgan fingerprint density at radius 2 is 1.90 bits per heavy atom. The van der Waals surface area contributed by atoms with Crippen molar-refractivity contribution in [2.75, 3.05) is 18.1 Å². The van der Waals surface area contributed by atoms with Gasteiger partial charge in [-0.2, -0.15) is 5.26 Å². The highest BCUT2D eigenvalue weighted by molar-refractivity contribution is 7.95. The quantitative estimate of drug-likeness (QED) is 0.777. The van der Waals surface area contributed by atoms with Gasteiger partial charge >= 0.3 is 0 Å². The maximum Gasteiger partial charge on any atom is 0.179 e. The van der Waals surface area contributed by atoms with Gasteiger partial charge in [0.2, 0.25) is 0 Å². The number of nitriles is 1. The van der Waals surface area contributed by atoms with Crippen molar-refractivity contribution in [2.24, 2.45) is 5.73 Å². The number of hydrogen-bond acceptors (Lipinski definition) is 6. The molecule has 1 atom stereocenters. The molecule has 0 radical (unpaired) electrons. The van der Waals surface area contributed by atoms with E-state index in [1.807, 2.05) is 6.07 Å². The van der Waals surface area contributed by atoms with Gasteiger partial charge in [0.05, 0.1) is 33.3 Å². The summed E-state index contributed by atoms with van der Waals surface area (Å²) in [5.74, 6) is -0.952. The van der Waals surface area contributed by atoms with Crippen LogP contribution >= 0.6 is 0 Å². The van der Waals surface area contributed by atoms with Crippen molar-refractivity contribution in [2.45, 2.75) is 23.5 Å². The van der Waals surface area contributed by atoms with Crippen LogP contribution in [0.25, 0.3) is 0 Å². The molecule has 8 heteroatoms. The molecule has 116 valence electrons. The Labute approximate surface area is 125 Å². The minimum atomic E-state index is -3.74. The molecule has 0 saturated carbocycles. The number of benzene rings is 1. The lowest BCUT2D eigenvalue weighted by Gasteiger charge is -2.12. The van der Waals surface area contributed by atoms with E-state index >= 15 is 0 Å². The van der Waals surface area contributed by atoms with Crippen molar-refractivity contribution in [3.8, 4) is 6.07 Å². The molecule has 0 aliphatic rings. The van der Waals surface area contributed by atoms with Crippen LogP contribution in [0.5, 0.6) is 0 Å². The van der Waals surface area contributed by atoms with E-state index in [1.165, 1.54) is 31.2 Å². The van der Waals surface area contributed by atoms with Crippen molar-refractivity contribution >= 4 is 19.7 Å². The van der Waals surface area contributed by atoms with Crippen LogP contribution in [-0.4, -0.2) is 40.1 Å². The molecule has 0 amide bonds. The Hall–Kier alpha value is -1.43. The summed E-state index contributed by atoms with van der Waals surface area (Å²) in [5.41, 5.74) is 5.54. The highest BCUT2D eigenvalue weighted by Crippen LogP contribution is 2.15. The predicted octanol–water partition coefficient (Wildman–Crippen LogP) is 0.484. The van der Waals surface area contributed by atoms with Crippen molar-refractivity contribution in [1.82, 2.24) is 0 Å². The maximum atomic E-state index is 12.1. The fourth-order valence-electron chi connectivity index (χ4n) is 1.72. The average Bonchev–Trinajstić information content (AvgIpc) is 2.46. The highest BCUT2D eigenvalue weighted by Gasteiger charge is 2.24. The Morgan fingerprint density at radius 1 is 1.24 bits per heavy atom. The molecule has 1 aromatic rings. The molecule has 1 rings (SSSR count). The normalized spacial score (nSPS) is 13.6. The number of rotatable bonds is 7. The molecule has 0 bridgehead atoms. The lowest BCUT2D eigenvalue weighted by atomic mass is 10.2. The molecule has 0 heterocycles. The van der Waals surface area contributed by atoms with Crippen molar-refractivity contribution in [3.63, 3.8) is 0 Å². The molecule has 0 spiro atoms. The standard InChI is InChI=1S/C13H18N2O4S2/c1-11(5-6-14)20(16,17)7-8-21(18,19)13-4-2-3-12(9-13)10-15/h2-4,9,11H,5-8,14H2,1H3. The third-order valence-corrected chi connectivity index (χ3v) is 7.35. The first kappa shape index (κ1) is 17.6. The van der Waals surface area contributed by atoms with Crippen LogP contribution in [0, 0.1) is 11.3 Å². The molecular formula is C13H18N2O4S2. The van der Waals surface area contributed by atoms with E-state index in [1.54, 1.807) is 0 Å². The molecule has 0 saturated heterocycles. The summed E-state index contributed by atoms with van der Waals surface area (Å²) < 4.78 is 48.2. The summed E-state index contributed by atoms with van der Waals surface area (Å²) in [6.07, 6.45) is 0.298. The lowest BCUT2D eigenvalue weighted by Crippen LogP contribution is -2.27. The SMILES string of the molecule is CC(CCN)S(=O)(=O)CCS(=O)(=O)c1cccc(C#N)c1. The minimum absolute atomic E-state index is 0.0387. The van der Waals surface area contributed by atoms with Crippen molar-refractivity contribution in [1.29, 1.82) is 5.26 Å². The lowest BCUT2D eigenvalue weighted by molar-refractivity contribution is 0.575. The van der Waals surface area contributed by atoms with E-state index < -0.39 is 36.4 Å². The summed E-state index contributed by atoms with van der Waals surface area (Å²) in [6.45, 7) is 1.75. The number of nitrogens with zero attached hydrogens (tertiary/aromatic N) is 1. The van der Waals surface area contributed by atoms with Gasteiger partial charge in [-0.25, -0.2) is 16.8 Å². The fraction of sp³-hybridized carbons (Fsp3) is 0.462. The second-order valence-electron chi connectivity index (χ2n) is 4.71. The maximum absolute atomic E-state index is 12.1. The van der Waals surface area contributed by atoms with E-state index in [4.69, 9.17) is 11.0 Å². The van der Waals surface area contributed by atoms with E-state index in [0.29, 0.717) is 6.42 Å². The molecule has 1 unspecified atom stereocenters. The smallest absolute Gasteiger partial charge is 0.179 e. The zero-order chi connectivity index (χ0) is 16.1. The summed E-state index contributed by atoms with van der Waals surface area (Å²) >= 11 is 0. The molecule has 2 N–H and O–H groups in total. The average molecular weight is 330 g/mol. The van der Waals surface area contributed by atoms with Crippen LogP contribution in [0.3, 0.4) is 0 Å². The van der Waals surface area contributed by atoms with Gasteiger partial charge in [-0.3, -0.25) is 0 Å². The van der Waals surface area contributed by atoms with Gasteiger partial charge in [0.1, 0.15) is 0 Å². The van der Waals surface area contributed by atoms with Gasteiger partial charge in [-0.05, 0) is 38.1 Å². The zero-order valence-electron chi connectivity index (χ0n) is 11.7. The molecule has 21 heavy (non-hydrogen) atoms. The molecule has 0 aliphatic carbocycles. The van der Waals surface area contributed by atoms with Crippen LogP contribution in [0.2, 0.25) is 0 Å². The van der Waals surface area contributed by atoms with Crippen LogP contribution < -0.4 is 5.73 Å². The van der Waals surface area contributed by atoms with Gasteiger partial charge in [0.15, 0.2) is 19.7 Å². The highest BCUT2D eigenvalue weighted by atomic mass is 32.2. The Kier molecular flexibility index (Phi) is 5.89. The molecular weight excluding hydrogens is 312 g/mol. The van der Waals surface area contributed by atoms with E-state index in [0.717, 1.165) is 0 Å². The molecule has 0 fully saturated rings. The van der Waals surface area contributed by atoms with Gasteiger partial charge < -0.3 is 5.73 Å². The van der Waals surface area contributed by atoms with Gasteiger partial charge in [-0.1, -0.05) is 6.07 Å². The first-order valence-corrected chi connectivity index (χ1v) is 9.74. The first-order valence-electron chi connectivity index (χ1n) is 6.37. The number of nitrogens with two attached hydrogens (primary N) is 1. The molecule has 0 aromatic heterocycles. The van der Waals surface area contributed by atoms with E-state index in [9.17, 15) is 16.8 Å². The van der Waals surface area contributed by atoms with Crippen LogP contribution in [0.1, 0.15) is 18.9 Å². The Morgan fingerprint density at radius 3 is 2.48 bits per heavy atom. The van der Waals surface area contributed by atoms with Gasteiger partial charge in [-0.15, -0.1) is 0 Å². The summed E-state index contributed by atoms with van der Waals surface area (Å²) in [6, 6.07) is 7.39. The van der Waals surface area contributed by atoms with Crippen molar-refractivity contribution in [3.05, 3.63) is 29.8 Å². The Bertz CT molecular complexity index is 734. The predicted molar refractivity (Wildman–Crippen MR) is 80.1 cm³/mol. The minimum Gasteiger partial charge on any atom is -0.330 e. The summed E-state index contributed by atoms with van der Waals surface area (Å²) in [7, 11) is -7.24. The van der Waals surface area contributed by atoms with Crippen molar-refractivity contribution < 1.29 is 16.8 Å². The third kappa shape index (κ3) is 4.81. The van der Waals surface area contributed by atoms with E-state index in [-0.39, 0.29) is 17.0 Å². The molecule has 0 aliphatic heterocycles. The monoisotopic (exact) mass is 330 g/mol. The molecule has 1 aromatic carbocycles. The van der Waals surface area contributed by atoms with Crippen LogP contribution in [0.4, 0.5) is 0 Å². The first-order chi connectivity index (χ1) is 9.73. The summed E-state index contributed by atoms with van der Waals surface area (Å²) in [5, 5.41) is 8.10. The van der Waals surface area contributed by atoms with Crippen LogP contribution in [-0.2, 0) is 19.7 Å². The topological polar surface area (TPSA) is 118 Å². The Balaban J connectivity index is 2.89. The van der Waals surface area contributed by atoms with E-state index in [2.05, 4.69) is 0 Å². The second kappa shape index (κ2) is 7.02. The second-order valence-corrected chi connectivity index (χ2v) is 9.36. The number of sulfone groups is 2. The van der Waals surface area contributed by atoms with Gasteiger partial charge in [0, 0.05) is 0 Å². The number of hydrogen-bond donors (Lipinski definition) is 1. The zero-order valence-corrected chi connectivity index (χ0v) is 13.3. The largest absolute Gasteiger partial charge is 0.330 e. The third-order valence-electron chi connectivity index (χ3n) is 3.15.